The predicted octanol–water partition coefficient (Wildman–Crippen LogP) is 2.63. The monoisotopic (exact) mass is 414 g/mol. The van der Waals surface area contributed by atoms with Crippen molar-refractivity contribution < 1.29 is 24.6 Å². The largest absolute Gasteiger partial charge is 0.467 e. The van der Waals surface area contributed by atoms with Crippen LogP contribution in [0, 0.1) is 11.8 Å². The summed E-state index contributed by atoms with van der Waals surface area (Å²) in [5.74, 6) is -1.25. The molecule has 0 fully saturated rings. The van der Waals surface area contributed by atoms with Crippen LogP contribution in [0.25, 0.3) is 0 Å². The fourth-order valence-electron chi connectivity index (χ4n) is 3.33. The lowest BCUT2D eigenvalue weighted by molar-refractivity contribution is -0.144. The number of hydrogen-bond acceptors (Lipinski definition) is 6. The lowest BCUT2D eigenvalue weighted by Gasteiger charge is -2.27. The van der Waals surface area contributed by atoms with Crippen molar-refractivity contribution in [2.45, 2.75) is 44.8 Å². The third-order valence-electron chi connectivity index (χ3n) is 4.88. The number of benzene rings is 1. The number of methoxy groups -OCH3 is 1. The highest BCUT2D eigenvalue weighted by molar-refractivity contribution is 6.39. The molecule has 0 heterocycles. The second-order valence-electron chi connectivity index (χ2n) is 7.97. The number of allylic oxidation sites excluding steroid dienone is 2. The minimum atomic E-state index is -1.10. The van der Waals surface area contributed by atoms with E-state index in [1.165, 1.54) is 7.11 Å². The summed E-state index contributed by atoms with van der Waals surface area (Å²) in [6.07, 6.45) is 8.04. The molecule has 1 aromatic carbocycles. The first kappa shape index (κ1) is 23.3. The summed E-state index contributed by atoms with van der Waals surface area (Å²) < 4.78 is 4.82. The Morgan fingerprint density at radius 2 is 1.83 bits per heavy atom. The summed E-state index contributed by atoms with van der Waals surface area (Å²) in [7, 11) is 1.25. The minimum Gasteiger partial charge on any atom is -0.467 e. The molecule has 3 N–H and O–H groups in total. The number of ether oxygens (including phenoxy) is 1. The molecular weight excluding hydrogens is 384 g/mol. The van der Waals surface area contributed by atoms with Crippen LogP contribution in [0.5, 0.6) is 0 Å². The van der Waals surface area contributed by atoms with Crippen molar-refractivity contribution in [1.82, 2.24) is 5.32 Å². The molecule has 2 rings (SSSR count). The first-order chi connectivity index (χ1) is 14.3. The lowest BCUT2D eigenvalue weighted by Crippen LogP contribution is -2.45. The van der Waals surface area contributed by atoms with Gasteiger partial charge in [-0.15, -0.1) is 0 Å². The number of hydrogen-bond donors (Lipinski definition) is 3. The van der Waals surface area contributed by atoms with Crippen molar-refractivity contribution >= 4 is 17.6 Å². The van der Waals surface area contributed by atoms with E-state index in [9.17, 15) is 14.7 Å². The molecule has 1 amide bonds. The second-order valence-corrected chi connectivity index (χ2v) is 7.97. The lowest BCUT2D eigenvalue weighted by atomic mass is 9.85. The van der Waals surface area contributed by atoms with Crippen LogP contribution in [0.1, 0.15) is 32.3 Å². The van der Waals surface area contributed by atoms with Gasteiger partial charge in [0.1, 0.15) is 17.4 Å². The molecule has 0 saturated carbocycles. The summed E-state index contributed by atoms with van der Waals surface area (Å²) >= 11 is 0. The average molecular weight is 415 g/mol. The van der Waals surface area contributed by atoms with Crippen molar-refractivity contribution in [2.75, 3.05) is 7.11 Å². The number of nitrogens with zero attached hydrogens (tertiary/aromatic N) is 1. The SMILES string of the molecule is COC(=O)[C@H](CC1C=CC(O)(Cc2ccccc2)C=C1)NC(=O)/C(CC(C)C)=N\O. The Morgan fingerprint density at radius 1 is 1.20 bits per heavy atom. The Morgan fingerprint density at radius 3 is 2.37 bits per heavy atom. The van der Waals surface area contributed by atoms with E-state index in [1.807, 2.05) is 56.3 Å². The van der Waals surface area contributed by atoms with Crippen LogP contribution in [0.2, 0.25) is 0 Å². The molecule has 0 radical (unpaired) electrons. The van der Waals surface area contributed by atoms with Gasteiger partial charge in [0.2, 0.25) is 0 Å². The topological polar surface area (TPSA) is 108 Å². The number of esters is 1. The van der Waals surface area contributed by atoms with E-state index in [0.29, 0.717) is 6.42 Å². The van der Waals surface area contributed by atoms with E-state index >= 15 is 0 Å². The van der Waals surface area contributed by atoms with Crippen LogP contribution >= 0.6 is 0 Å². The number of carbonyl (C=O) groups excluding carboxylic acids is 2. The zero-order valence-electron chi connectivity index (χ0n) is 17.6. The Labute approximate surface area is 177 Å². The van der Waals surface area contributed by atoms with Gasteiger partial charge in [0.15, 0.2) is 0 Å². The standard InChI is InChI=1S/C23H30N2O5/c1-16(2)13-19(25-29)21(26)24-20(22(27)30-3)14-17-9-11-23(28,12-10-17)15-18-7-5-4-6-8-18/h4-12,16-17,20,28-29H,13-15H2,1-3H3,(H,24,26)/b25-19-/t17?,20-,23?/m0/s1. The molecule has 1 aromatic rings. The zero-order chi connectivity index (χ0) is 22.1. The van der Waals surface area contributed by atoms with E-state index in [4.69, 9.17) is 9.94 Å². The number of carbonyl (C=O) groups is 2. The molecule has 0 unspecified atom stereocenters. The highest BCUT2D eigenvalue weighted by Crippen LogP contribution is 2.25. The molecule has 0 bridgehead atoms. The number of nitrogens with one attached hydrogen (secondary N) is 1. The maximum absolute atomic E-state index is 12.4. The highest BCUT2D eigenvalue weighted by Gasteiger charge is 2.29. The van der Waals surface area contributed by atoms with Gasteiger partial charge in [0.25, 0.3) is 5.91 Å². The summed E-state index contributed by atoms with van der Waals surface area (Å²) in [5, 5.41) is 25.6. The zero-order valence-corrected chi connectivity index (χ0v) is 17.6. The summed E-state index contributed by atoms with van der Waals surface area (Å²) in [6.45, 7) is 3.79. The van der Waals surface area contributed by atoms with Crippen molar-refractivity contribution in [3.8, 4) is 0 Å². The number of aliphatic hydroxyl groups is 1. The average Bonchev–Trinajstić information content (AvgIpc) is 2.73. The van der Waals surface area contributed by atoms with Gasteiger partial charge in [-0.2, -0.15) is 0 Å². The van der Waals surface area contributed by atoms with Gasteiger partial charge in [0, 0.05) is 12.8 Å². The predicted molar refractivity (Wildman–Crippen MR) is 114 cm³/mol. The maximum atomic E-state index is 12.4. The van der Waals surface area contributed by atoms with E-state index in [1.54, 1.807) is 12.2 Å². The van der Waals surface area contributed by atoms with Crippen LogP contribution in [-0.2, 0) is 20.7 Å². The first-order valence-corrected chi connectivity index (χ1v) is 10.0. The van der Waals surface area contributed by atoms with Crippen LogP contribution < -0.4 is 5.32 Å². The van der Waals surface area contributed by atoms with Gasteiger partial charge < -0.3 is 20.4 Å². The van der Waals surface area contributed by atoms with E-state index in [-0.39, 0.29) is 30.4 Å². The first-order valence-electron chi connectivity index (χ1n) is 10.0. The van der Waals surface area contributed by atoms with Gasteiger partial charge in [-0.25, -0.2) is 4.79 Å². The van der Waals surface area contributed by atoms with E-state index < -0.39 is 23.5 Å². The van der Waals surface area contributed by atoms with Gasteiger partial charge in [-0.05, 0) is 23.8 Å². The summed E-state index contributed by atoms with van der Waals surface area (Å²) in [5.41, 5.74) is -0.130. The Balaban J connectivity index is 2.03. The molecule has 1 aliphatic rings. The Bertz CT molecular complexity index is 800. The van der Waals surface area contributed by atoms with Crippen molar-refractivity contribution in [3.05, 3.63) is 60.2 Å². The molecule has 1 atom stereocenters. The molecular formula is C23H30N2O5. The molecule has 30 heavy (non-hydrogen) atoms. The molecule has 7 nitrogen and oxygen atoms in total. The van der Waals surface area contributed by atoms with Gasteiger partial charge in [-0.1, -0.05) is 73.6 Å². The van der Waals surface area contributed by atoms with E-state index in [0.717, 1.165) is 5.56 Å². The van der Waals surface area contributed by atoms with Gasteiger partial charge in [-0.3, -0.25) is 4.79 Å². The van der Waals surface area contributed by atoms with Crippen molar-refractivity contribution in [3.63, 3.8) is 0 Å². The quantitative estimate of drug-likeness (QED) is 0.189. The molecule has 0 saturated heterocycles. The number of oxime groups is 1. The Kier molecular flexibility index (Phi) is 8.35. The maximum Gasteiger partial charge on any atom is 0.328 e. The smallest absolute Gasteiger partial charge is 0.328 e. The molecule has 1 aliphatic carbocycles. The summed E-state index contributed by atoms with van der Waals surface area (Å²) in [4.78, 5) is 24.6. The molecule has 0 spiro atoms. The molecule has 7 heteroatoms. The molecule has 162 valence electrons. The molecule has 0 aromatic heterocycles. The fraction of sp³-hybridized carbons (Fsp3) is 0.435. The Hall–Kier alpha value is -2.93. The minimum absolute atomic E-state index is 0.0362. The third-order valence-corrected chi connectivity index (χ3v) is 4.88. The summed E-state index contributed by atoms with van der Waals surface area (Å²) in [6, 6.07) is 8.75. The van der Waals surface area contributed by atoms with Crippen LogP contribution in [0.15, 0.2) is 59.8 Å². The van der Waals surface area contributed by atoms with Crippen LogP contribution in [0.3, 0.4) is 0 Å². The van der Waals surface area contributed by atoms with Crippen molar-refractivity contribution in [2.24, 2.45) is 17.0 Å². The highest BCUT2D eigenvalue weighted by atomic mass is 16.5. The normalized spacial score (nSPS) is 22.0. The number of rotatable bonds is 9. The van der Waals surface area contributed by atoms with Crippen LogP contribution in [-0.4, -0.2) is 46.7 Å². The van der Waals surface area contributed by atoms with Crippen LogP contribution in [0.4, 0.5) is 0 Å². The fourth-order valence-corrected chi connectivity index (χ4v) is 3.33. The van der Waals surface area contributed by atoms with Gasteiger partial charge >= 0.3 is 5.97 Å². The van der Waals surface area contributed by atoms with Gasteiger partial charge in [0.05, 0.1) is 7.11 Å². The number of amides is 1. The molecule has 0 aliphatic heterocycles. The van der Waals surface area contributed by atoms with E-state index in [2.05, 4.69) is 10.5 Å². The van der Waals surface area contributed by atoms with Crippen molar-refractivity contribution in [1.29, 1.82) is 0 Å². The third kappa shape index (κ3) is 6.84. The second kappa shape index (κ2) is 10.7.